The van der Waals surface area contributed by atoms with Crippen LogP contribution in [0.5, 0.6) is 0 Å². The van der Waals surface area contributed by atoms with E-state index in [4.69, 9.17) is 5.73 Å². The molecule has 2 aromatic rings. The van der Waals surface area contributed by atoms with Crippen molar-refractivity contribution in [2.24, 2.45) is 12.8 Å². The molecule has 3 amide bonds. The van der Waals surface area contributed by atoms with E-state index in [2.05, 4.69) is 10.6 Å². The smallest absolute Gasteiger partial charge is 0.257 e. The maximum atomic E-state index is 13.5. The zero-order chi connectivity index (χ0) is 23.8. The van der Waals surface area contributed by atoms with Gasteiger partial charge >= 0.3 is 0 Å². The SMILES string of the molecule is Cc1cc(NC(=O)c2c(C)c(C(O)C(=O)NC3(C(N)=O)CCCC3)n(C)c2C)ccc1F. The van der Waals surface area contributed by atoms with Gasteiger partial charge in [0, 0.05) is 18.4 Å². The van der Waals surface area contributed by atoms with E-state index in [1.807, 2.05) is 0 Å². The standard InChI is InChI=1S/C23H29FN4O4/c1-12-11-15(7-8-16(12)24)26-20(30)17-13(2)18(28(4)14(17)3)19(29)21(31)27-23(22(25)32)9-5-6-10-23/h7-8,11,19,29H,5-6,9-10H2,1-4H3,(H2,25,32)(H,26,30)(H,27,31). The van der Waals surface area contributed by atoms with Crippen LogP contribution in [0.15, 0.2) is 18.2 Å². The van der Waals surface area contributed by atoms with Gasteiger partial charge in [-0.05, 0) is 62.9 Å². The van der Waals surface area contributed by atoms with Crippen molar-refractivity contribution in [1.82, 2.24) is 9.88 Å². The number of anilines is 1. The second kappa shape index (κ2) is 8.74. The van der Waals surface area contributed by atoms with Gasteiger partial charge in [0.1, 0.15) is 11.4 Å². The second-order valence-electron chi connectivity index (χ2n) is 8.49. The van der Waals surface area contributed by atoms with Crippen molar-refractivity contribution < 1.29 is 23.9 Å². The summed E-state index contributed by atoms with van der Waals surface area (Å²) in [6.07, 6.45) is 0.779. The highest BCUT2D eigenvalue weighted by Crippen LogP contribution is 2.32. The van der Waals surface area contributed by atoms with Crippen LogP contribution >= 0.6 is 0 Å². The van der Waals surface area contributed by atoms with E-state index in [0.29, 0.717) is 40.9 Å². The molecular weight excluding hydrogens is 415 g/mol. The molecule has 3 rings (SSSR count). The first-order chi connectivity index (χ1) is 15.0. The first kappa shape index (κ1) is 23.5. The Morgan fingerprint density at radius 2 is 1.81 bits per heavy atom. The molecule has 5 N–H and O–H groups in total. The Hall–Kier alpha value is -3.20. The van der Waals surface area contributed by atoms with Crippen LogP contribution in [-0.4, -0.2) is 32.9 Å². The maximum absolute atomic E-state index is 13.5. The molecule has 172 valence electrons. The summed E-state index contributed by atoms with van der Waals surface area (Å²) in [5.74, 6) is -2.17. The Bertz CT molecular complexity index is 1090. The Morgan fingerprint density at radius 1 is 1.19 bits per heavy atom. The third-order valence-corrected chi connectivity index (χ3v) is 6.43. The van der Waals surface area contributed by atoms with E-state index in [0.717, 1.165) is 12.8 Å². The van der Waals surface area contributed by atoms with E-state index >= 15 is 0 Å². The molecule has 1 aliphatic rings. The van der Waals surface area contributed by atoms with E-state index in [-0.39, 0.29) is 11.5 Å². The first-order valence-corrected chi connectivity index (χ1v) is 10.5. The highest BCUT2D eigenvalue weighted by molar-refractivity contribution is 6.06. The van der Waals surface area contributed by atoms with Gasteiger partial charge in [0.25, 0.3) is 11.8 Å². The molecule has 8 nitrogen and oxygen atoms in total. The van der Waals surface area contributed by atoms with Crippen molar-refractivity contribution in [2.75, 3.05) is 5.32 Å². The van der Waals surface area contributed by atoms with Crippen LogP contribution in [0.1, 0.15) is 64.7 Å². The van der Waals surface area contributed by atoms with Crippen LogP contribution in [0.2, 0.25) is 0 Å². The second-order valence-corrected chi connectivity index (χ2v) is 8.49. The summed E-state index contributed by atoms with van der Waals surface area (Å²) < 4.78 is 15.1. The molecule has 1 saturated carbocycles. The van der Waals surface area contributed by atoms with Gasteiger partial charge in [-0.15, -0.1) is 0 Å². The maximum Gasteiger partial charge on any atom is 0.257 e. The normalized spacial score (nSPS) is 15.9. The molecule has 1 heterocycles. The van der Waals surface area contributed by atoms with Gasteiger partial charge < -0.3 is 26.0 Å². The predicted octanol–water partition coefficient (Wildman–Crippen LogP) is 2.29. The summed E-state index contributed by atoms with van der Waals surface area (Å²) in [6, 6.07) is 4.25. The van der Waals surface area contributed by atoms with Crippen molar-refractivity contribution in [1.29, 1.82) is 0 Å². The van der Waals surface area contributed by atoms with Crippen molar-refractivity contribution in [3.8, 4) is 0 Å². The number of nitrogens with one attached hydrogen (secondary N) is 2. The Labute approximate surface area is 186 Å². The number of carbonyl (C=O) groups is 3. The van der Waals surface area contributed by atoms with Gasteiger partial charge in [0.2, 0.25) is 5.91 Å². The fraction of sp³-hybridized carbons (Fsp3) is 0.435. The number of nitrogens with two attached hydrogens (primary N) is 1. The molecule has 1 aromatic carbocycles. The van der Waals surface area contributed by atoms with Crippen molar-refractivity contribution >= 4 is 23.4 Å². The van der Waals surface area contributed by atoms with Crippen molar-refractivity contribution in [3.63, 3.8) is 0 Å². The number of nitrogens with zero attached hydrogens (tertiary/aromatic N) is 1. The van der Waals surface area contributed by atoms with Crippen molar-refractivity contribution in [2.45, 2.75) is 58.1 Å². The third-order valence-electron chi connectivity index (χ3n) is 6.43. The minimum atomic E-state index is -1.59. The van der Waals surface area contributed by atoms with E-state index in [9.17, 15) is 23.9 Å². The minimum absolute atomic E-state index is 0.248. The van der Waals surface area contributed by atoms with Gasteiger partial charge in [0.05, 0.1) is 11.3 Å². The minimum Gasteiger partial charge on any atom is -0.377 e. The van der Waals surface area contributed by atoms with E-state index < -0.39 is 29.4 Å². The number of carbonyl (C=O) groups excluding carboxylic acids is 3. The number of aliphatic hydroxyl groups is 1. The lowest BCUT2D eigenvalue weighted by molar-refractivity contribution is -0.137. The fourth-order valence-corrected chi connectivity index (χ4v) is 4.48. The molecule has 1 aromatic heterocycles. The number of benzene rings is 1. The van der Waals surface area contributed by atoms with Crippen LogP contribution in [-0.2, 0) is 16.6 Å². The number of aryl methyl sites for hydroxylation is 1. The molecule has 0 spiro atoms. The molecule has 0 saturated heterocycles. The van der Waals surface area contributed by atoms with E-state index in [1.165, 1.54) is 18.2 Å². The zero-order valence-electron chi connectivity index (χ0n) is 18.7. The number of aliphatic hydroxyl groups excluding tert-OH is 1. The Balaban J connectivity index is 1.87. The summed E-state index contributed by atoms with van der Waals surface area (Å²) >= 11 is 0. The lowest BCUT2D eigenvalue weighted by Gasteiger charge is -2.28. The van der Waals surface area contributed by atoms with Crippen LogP contribution < -0.4 is 16.4 Å². The highest BCUT2D eigenvalue weighted by Gasteiger charge is 2.42. The number of halogens is 1. The molecule has 0 bridgehead atoms. The monoisotopic (exact) mass is 444 g/mol. The molecule has 1 atom stereocenters. The lowest BCUT2D eigenvalue weighted by Crippen LogP contribution is -2.56. The van der Waals surface area contributed by atoms with Crippen LogP contribution in [0.25, 0.3) is 0 Å². The molecule has 1 aliphatic carbocycles. The van der Waals surface area contributed by atoms with Gasteiger partial charge in [0.15, 0.2) is 6.10 Å². The molecule has 1 unspecified atom stereocenters. The lowest BCUT2D eigenvalue weighted by atomic mass is 9.96. The average molecular weight is 445 g/mol. The number of rotatable bonds is 6. The van der Waals surface area contributed by atoms with E-state index in [1.54, 1.807) is 32.4 Å². The largest absolute Gasteiger partial charge is 0.377 e. The van der Waals surface area contributed by atoms with Gasteiger partial charge in [-0.25, -0.2) is 4.39 Å². The summed E-state index contributed by atoms with van der Waals surface area (Å²) in [5.41, 5.74) is 6.73. The number of aromatic nitrogens is 1. The molecule has 0 radical (unpaired) electrons. The molecular formula is C23H29FN4O4. The number of hydrogen-bond acceptors (Lipinski definition) is 4. The molecule has 0 aliphatic heterocycles. The van der Waals surface area contributed by atoms with Crippen molar-refractivity contribution in [3.05, 3.63) is 52.1 Å². The first-order valence-electron chi connectivity index (χ1n) is 10.5. The summed E-state index contributed by atoms with van der Waals surface area (Å²) in [5, 5.41) is 16.2. The van der Waals surface area contributed by atoms with Crippen LogP contribution in [0.4, 0.5) is 10.1 Å². The number of amides is 3. The fourth-order valence-electron chi connectivity index (χ4n) is 4.48. The van der Waals surface area contributed by atoms with Crippen LogP contribution in [0.3, 0.4) is 0 Å². The molecule has 1 fully saturated rings. The summed E-state index contributed by atoms with van der Waals surface area (Å²) in [7, 11) is 1.65. The number of primary amides is 1. The topological polar surface area (TPSA) is 126 Å². The number of hydrogen-bond donors (Lipinski definition) is 4. The van der Waals surface area contributed by atoms with Crippen LogP contribution in [0, 0.1) is 26.6 Å². The van der Waals surface area contributed by atoms with Gasteiger partial charge in [-0.2, -0.15) is 0 Å². The van der Waals surface area contributed by atoms with Gasteiger partial charge in [-0.3, -0.25) is 14.4 Å². The zero-order valence-corrected chi connectivity index (χ0v) is 18.7. The average Bonchev–Trinajstić information content (AvgIpc) is 3.28. The van der Waals surface area contributed by atoms with Gasteiger partial charge in [-0.1, -0.05) is 12.8 Å². The summed E-state index contributed by atoms with van der Waals surface area (Å²) in [4.78, 5) is 37.8. The quantitative estimate of drug-likeness (QED) is 0.545. The Morgan fingerprint density at radius 3 is 2.38 bits per heavy atom. The third kappa shape index (κ3) is 4.12. The highest BCUT2D eigenvalue weighted by atomic mass is 19.1. The molecule has 32 heavy (non-hydrogen) atoms. The predicted molar refractivity (Wildman–Crippen MR) is 117 cm³/mol. The Kier molecular flexibility index (Phi) is 6.41. The summed E-state index contributed by atoms with van der Waals surface area (Å²) in [6.45, 7) is 4.94. The molecule has 9 heteroatoms.